The van der Waals surface area contributed by atoms with Crippen LogP contribution in [-0.2, 0) is 11.8 Å². The van der Waals surface area contributed by atoms with Crippen molar-refractivity contribution in [2.45, 2.75) is 6.18 Å². The first-order chi connectivity index (χ1) is 6.88. The number of hydrogen-bond donors (Lipinski definition) is 0. The Hall–Kier alpha value is -1.37. The Morgan fingerprint density at radius 3 is 2.73 bits per heavy atom. The normalized spacial score (nSPS) is 11.7. The molecule has 0 aliphatic carbocycles. The number of carbonyl (C=O) groups excluding carboxylic acids is 1. The van der Waals surface area contributed by atoms with Crippen molar-refractivity contribution in [3.63, 3.8) is 0 Å². The van der Waals surface area contributed by atoms with Crippen molar-refractivity contribution in [3.8, 4) is 0 Å². The molecule has 0 aliphatic heterocycles. The first kappa shape index (κ1) is 11.7. The van der Waals surface area contributed by atoms with Crippen LogP contribution in [0, 0.1) is 0 Å². The third-order valence-corrected chi connectivity index (χ3v) is 1.50. The molecule has 0 amide bonds. The second-order valence-corrected chi connectivity index (χ2v) is 2.91. The van der Waals surface area contributed by atoms with Crippen molar-refractivity contribution in [3.05, 3.63) is 18.0 Å². The van der Waals surface area contributed by atoms with Crippen LogP contribution in [0.4, 0.5) is 13.2 Å². The first-order valence-corrected chi connectivity index (χ1v) is 4.06. The largest absolute Gasteiger partial charge is 0.411 e. The topological polar surface area (TPSA) is 44.1 Å². The highest BCUT2D eigenvalue weighted by Crippen LogP contribution is 2.14. The van der Waals surface area contributed by atoms with Crippen LogP contribution in [-0.4, -0.2) is 35.0 Å². The molecule has 0 unspecified atom stereocenters. The molecule has 0 saturated carbocycles. The number of ketones is 1. The molecule has 0 fully saturated rings. The number of alkyl halides is 3. The standard InChI is InChI=1S/C8H9F3N2O2/c1-13-3-2-6(12-13)7(14)4-15-5-8(9,10)11/h2-3H,4-5H2,1H3. The molecule has 0 atom stereocenters. The summed E-state index contributed by atoms with van der Waals surface area (Å²) in [6.45, 7) is -2.04. The molecule has 0 radical (unpaired) electrons. The van der Waals surface area contributed by atoms with Gasteiger partial charge < -0.3 is 4.74 Å². The van der Waals surface area contributed by atoms with E-state index in [2.05, 4.69) is 9.84 Å². The van der Waals surface area contributed by atoms with Gasteiger partial charge in [-0.2, -0.15) is 18.3 Å². The molecule has 7 heteroatoms. The van der Waals surface area contributed by atoms with Crippen molar-refractivity contribution >= 4 is 5.78 Å². The van der Waals surface area contributed by atoms with Crippen molar-refractivity contribution in [1.82, 2.24) is 9.78 Å². The summed E-state index contributed by atoms with van der Waals surface area (Å²) in [5.74, 6) is -0.570. The molecule has 15 heavy (non-hydrogen) atoms. The Bertz CT molecular complexity index is 346. The van der Waals surface area contributed by atoms with Gasteiger partial charge in [-0.05, 0) is 6.07 Å². The quantitative estimate of drug-likeness (QED) is 0.718. The number of halogens is 3. The van der Waals surface area contributed by atoms with E-state index in [1.807, 2.05) is 0 Å². The molecule has 4 nitrogen and oxygen atoms in total. The number of nitrogens with zero attached hydrogens (tertiary/aromatic N) is 2. The maximum absolute atomic E-state index is 11.7. The van der Waals surface area contributed by atoms with Gasteiger partial charge in [-0.25, -0.2) is 0 Å². The van der Waals surface area contributed by atoms with Crippen molar-refractivity contribution in [2.24, 2.45) is 7.05 Å². The van der Waals surface area contributed by atoms with Gasteiger partial charge in [0.1, 0.15) is 18.9 Å². The number of rotatable bonds is 4. The van der Waals surface area contributed by atoms with Crippen molar-refractivity contribution in [1.29, 1.82) is 0 Å². The highest BCUT2D eigenvalue weighted by atomic mass is 19.4. The third-order valence-electron chi connectivity index (χ3n) is 1.50. The number of hydrogen-bond acceptors (Lipinski definition) is 3. The zero-order chi connectivity index (χ0) is 11.5. The molecule has 0 saturated heterocycles. The van der Waals surface area contributed by atoms with Crippen molar-refractivity contribution < 1.29 is 22.7 Å². The Morgan fingerprint density at radius 2 is 2.27 bits per heavy atom. The molecule has 84 valence electrons. The minimum absolute atomic E-state index is 0.0969. The summed E-state index contributed by atoms with van der Waals surface area (Å²) in [5.41, 5.74) is 0.0969. The first-order valence-electron chi connectivity index (χ1n) is 4.06. The van der Waals surface area contributed by atoms with Crippen LogP contribution in [0.5, 0.6) is 0 Å². The van der Waals surface area contributed by atoms with Crippen LogP contribution in [0.2, 0.25) is 0 Å². The number of ether oxygens (including phenoxy) is 1. The van der Waals surface area contributed by atoms with E-state index in [0.717, 1.165) is 0 Å². The molecule has 1 aromatic heterocycles. The summed E-state index contributed by atoms with van der Waals surface area (Å²) in [4.78, 5) is 11.2. The van der Waals surface area contributed by atoms with E-state index in [1.54, 1.807) is 7.05 Å². The monoisotopic (exact) mass is 222 g/mol. The molecular weight excluding hydrogens is 213 g/mol. The van der Waals surface area contributed by atoms with Gasteiger partial charge in [-0.3, -0.25) is 9.48 Å². The predicted molar refractivity (Wildman–Crippen MR) is 44.4 cm³/mol. The maximum Gasteiger partial charge on any atom is 0.411 e. The molecule has 1 rings (SSSR count). The fourth-order valence-corrected chi connectivity index (χ4v) is 0.897. The van der Waals surface area contributed by atoms with E-state index < -0.39 is 25.2 Å². The molecule has 0 N–H and O–H groups in total. The zero-order valence-corrected chi connectivity index (χ0v) is 7.91. The Morgan fingerprint density at radius 1 is 1.60 bits per heavy atom. The maximum atomic E-state index is 11.7. The van der Waals surface area contributed by atoms with Gasteiger partial charge in [0.15, 0.2) is 0 Å². The van der Waals surface area contributed by atoms with Gasteiger partial charge in [0, 0.05) is 13.2 Å². The van der Waals surface area contributed by atoms with E-state index in [0.29, 0.717) is 0 Å². The van der Waals surface area contributed by atoms with E-state index in [4.69, 9.17) is 0 Å². The van der Waals surface area contributed by atoms with Crippen LogP contribution in [0.15, 0.2) is 12.3 Å². The lowest BCUT2D eigenvalue weighted by molar-refractivity contribution is -0.170. The minimum Gasteiger partial charge on any atom is -0.364 e. The number of aromatic nitrogens is 2. The second kappa shape index (κ2) is 4.43. The average molecular weight is 222 g/mol. The highest BCUT2D eigenvalue weighted by Gasteiger charge is 2.28. The number of aryl methyl sites for hydroxylation is 1. The van der Waals surface area contributed by atoms with E-state index in [-0.39, 0.29) is 5.69 Å². The van der Waals surface area contributed by atoms with Crippen LogP contribution in [0.1, 0.15) is 10.5 Å². The fraction of sp³-hybridized carbons (Fsp3) is 0.500. The number of Topliss-reactive ketones (excluding diaryl/α,β-unsaturated/α-hetero) is 1. The molecule has 1 aromatic rings. The van der Waals surface area contributed by atoms with E-state index in [9.17, 15) is 18.0 Å². The summed E-state index contributed by atoms with van der Waals surface area (Å²) in [6, 6.07) is 1.42. The Labute approximate surface area is 83.6 Å². The lowest BCUT2D eigenvalue weighted by Crippen LogP contribution is -2.20. The summed E-state index contributed by atoms with van der Waals surface area (Å²) < 4.78 is 40.6. The highest BCUT2D eigenvalue weighted by molar-refractivity contribution is 5.95. The van der Waals surface area contributed by atoms with Gasteiger partial charge in [-0.15, -0.1) is 0 Å². The molecule has 0 aromatic carbocycles. The minimum atomic E-state index is -4.41. The third kappa shape index (κ3) is 4.11. The smallest absolute Gasteiger partial charge is 0.364 e. The Kier molecular flexibility index (Phi) is 3.46. The zero-order valence-electron chi connectivity index (χ0n) is 7.91. The summed E-state index contributed by atoms with van der Waals surface area (Å²) in [7, 11) is 1.60. The second-order valence-electron chi connectivity index (χ2n) is 2.91. The molecule has 0 spiro atoms. The lowest BCUT2D eigenvalue weighted by atomic mass is 10.3. The van der Waals surface area contributed by atoms with Gasteiger partial charge in [-0.1, -0.05) is 0 Å². The summed E-state index contributed by atoms with van der Waals surface area (Å²) in [5, 5.41) is 3.73. The molecular formula is C8H9F3N2O2. The summed E-state index contributed by atoms with van der Waals surface area (Å²) in [6.07, 6.45) is -2.89. The Balaban J connectivity index is 2.37. The fourth-order valence-electron chi connectivity index (χ4n) is 0.897. The van der Waals surface area contributed by atoms with E-state index in [1.165, 1.54) is 16.9 Å². The molecule has 1 heterocycles. The van der Waals surface area contributed by atoms with Crippen LogP contribution >= 0.6 is 0 Å². The van der Waals surface area contributed by atoms with Crippen LogP contribution < -0.4 is 0 Å². The molecule has 0 bridgehead atoms. The van der Waals surface area contributed by atoms with Gasteiger partial charge in [0.05, 0.1) is 0 Å². The average Bonchev–Trinajstić information content (AvgIpc) is 2.49. The molecule has 0 aliphatic rings. The number of carbonyl (C=O) groups is 1. The van der Waals surface area contributed by atoms with Gasteiger partial charge in [0.2, 0.25) is 5.78 Å². The van der Waals surface area contributed by atoms with Gasteiger partial charge >= 0.3 is 6.18 Å². The summed E-state index contributed by atoms with van der Waals surface area (Å²) >= 11 is 0. The lowest BCUT2D eigenvalue weighted by Gasteiger charge is -2.05. The van der Waals surface area contributed by atoms with Crippen LogP contribution in [0.3, 0.4) is 0 Å². The van der Waals surface area contributed by atoms with E-state index >= 15 is 0 Å². The van der Waals surface area contributed by atoms with Crippen LogP contribution in [0.25, 0.3) is 0 Å². The SMILES string of the molecule is Cn1ccc(C(=O)COCC(F)(F)F)n1. The van der Waals surface area contributed by atoms with Gasteiger partial charge in [0.25, 0.3) is 0 Å². The predicted octanol–water partition coefficient (Wildman–Crippen LogP) is 1.18. The van der Waals surface area contributed by atoms with Crippen molar-refractivity contribution in [2.75, 3.05) is 13.2 Å².